The van der Waals surface area contributed by atoms with Gasteiger partial charge in [-0.3, -0.25) is 0 Å². The maximum atomic E-state index is 6.41. The van der Waals surface area contributed by atoms with E-state index in [1.807, 2.05) is 0 Å². The molecule has 0 fully saturated rings. The molecule has 0 aliphatic rings. The van der Waals surface area contributed by atoms with Crippen LogP contribution in [0.3, 0.4) is 0 Å². The van der Waals surface area contributed by atoms with Gasteiger partial charge in [0.05, 0.1) is 0 Å². The Morgan fingerprint density at radius 1 is 0.952 bits per heavy atom. The van der Waals surface area contributed by atoms with E-state index in [0.717, 1.165) is 16.5 Å². The summed E-state index contributed by atoms with van der Waals surface area (Å²) in [5.74, 6) is 0. The predicted octanol–water partition coefficient (Wildman–Crippen LogP) is 5.45. The van der Waals surface area contributed by atoms with Gasteiger partial charge in [-0.1, -0.05) is 58.4 Å². The van der Waals surface area contributed by atoms with Crippen molar-refractivity contribution in [1.82, 2.24) is 0 Å². The molecule has 3 aromatic carbocycles. The Morgan fingerprint density at radius 3 is 2.52 bits per heavy atom. The van der Waals surface area contributed by atoms with E-state index in [0.29, 0.717) is 0 Å². The van der Waals surface area contributed by atoms with Crippen molar-refractivity contribution in [3.63, 3.8) is 0 Å². The van der Waals surface area contributed by atoms with Gasteiger partial charge in [-0.25, -0.2) is 0 Å². The minimum absolute atomic E-state index is 0.00440. The van der Waals surface area contributed by atoms with Gasteiger partial charge >= 0.3 is 0 Å². The second kappa shape index (κ2) is 6.46. The Hall–Kier alpha value is -0.910. The van der Waals surface area contributed by atoms with E-state index in [2.05, 4.69) is 99.2 Å². The molecule has 1 unspecified atom stereocenters. The number of fused-ring (bicyclic) bond motifs is 1. The monoisotopic (exact) mass is 451 g/mol. The molecule has 106 valence electrons. The molecule has 0 aromatic heterocycles. The van der Waals surface area contributed by atoms with Crippen LogP contribution in [0.1, 0.15) is 17.2 Å². The minimum Gasteiger partial charge on any atom is -0.324 e. The van der Waals surface area contributed by atoms with Crippen LogP contribution in [0.25, 0.3) is 10.8 Å². The molecule has 0 spiro atoms. The fourth-order valence-electron chi connectivity index (χ4n) is 2.53. The Kier molecular flexibility index (Phi) is 4.62. The quantitative estimate of drug-likeness (QED) is 0.526. The van der Waals surface area contributed by atoms with Gasteiger partial charge in [0.2, 0.25) is 0 Å². The van der Waals surface area contributed by atoms with Gasteiger partial charge in [0.15, 0.2) is 0 Å². The molecule has 0 aliphatic carbocycles. The smallest absolute Gasteiger partial charge is 0.0347 e. The third-order valence-electron chi connectivity index (χ3n) is 3.63. The second-order valence-corrected chi connectivity index (χ2v) is 7.26. The van der Waals surface area contributed by atoms with Crippen LogP contribution in [0.5, 0.6) is 0 Å². The number of hydrogen-bond acceptors (Lipinski definition) is 1. The normalized spacial score (nSPS) is 12.5. The van der Waals surface area contributed by atoms with Gasteiger partial charge in [0, 0.05) is 14.1 Å². The van der Waals surface area contributed by atoms with Crippen LogP contribution in [0.2, 0.25) is 0 Å². The summed E-state index contributed by atoms with van der Waals surface area (Å²) in [4.78, 5) is 0. The highest BCUT2D eigenvalue weighted by Crippen LogP contribution is 2.27. The topological polar surface area (TPSA) is 26.0 Å². The van der Waals surface area contributed by atoms with Crippen molar-refractivity contribution in [3.8, 4) is 0 Å². The van der Waals surface area contributed by atoms with E-state index in [4.69, 9.17) is 5.73 Å². The Bertz CT molecular complexity index is 785. The van der Waals surface area contributed by atoms with Crippen molar-refractivity contribution in [3.05, 3.63) is 79.8 Å². The summed E-state index contributed by atoms with van der Waals surface area (Å²) < 4.78 is 2.29. The van der Waals surface area contributed by atoms with Crippen molar-refractivity contribution in [2.45, 2.75) is 12.5 Å². The molecular formula is C18H15BrIN. The van der Waals surface area contributed by atoms with E-state index in [1.165, 1.54) is 19.9 Å². The lowest BCUT2D eigenvalue weighted by Crippen LogP contribution is -2.14. The van der Waals surface area contributed by atoms with Crippen LogP contribution in [0.4, 0.5) is 0 Å². The first kappa shape index (κ1) is 15.0. The van der Waals surface area contributed by atoms with E-state index < -0.39 is 0 Å². The lowest BCUT2D eigenvalue weighted by atomic mass is 9.98. The highest BCUT2D eigenvalue weighted by molar-refractivity contribution is 14.1. The number of benzene rings is 3. The van der Waals surface area contributed by atoms with E-state index in [1.54, 1.807) is 0 Å². The van der Waals surface area contributed by atoms with Crippen LogP contribution in [-0.4, -0.2) is 0 Å². The second-order valence-electron chi connectivity index (χ2n) is 5.16. The highest BCUT2D eigenvalue weighted by Gasteiger charge is 2.11. The molecule has 3 heteroatoms. The molecule has 21 heavy (non-hydrogen) atoms. The van der Waals surface area contributed by atoms with Gasteiger partial charge in [-0.05, 0) is 69.1 Å². The summed E-state index contributed by atoms with van der Waals surface area (Å²) in [6, 6.07) is 21.3. The van der Waals surface area contributed by atoms with Crippen LogP contribution in [0, 0.1) is 3.57 Å². The van der Waals surface area contributed by atoms with Crippen LogP contribution >= 0.6 is 38.5 Å². The number of rotatable bonds is 3. The zero-order valence-electron chi connectivity index (χ0n) is 11.4. The third-order valence-corrected chi connectivity index (χ3v) is 5.02. The Morgan fingerprint density at radius 2 is 1.71 bits per heavy atom. The molecule has 2 N–H and O–H groups in total. The van der Waals surface area contributed by atoms with Crippen LogP contribution in [0.15, 0.2) is 65.1 Å². The van der Waals surface area contributed by atoms with Crippen LogP contribution < -0.4 is 5.73 Å². The zero-order valence-corrected chi connectivity index (χ0v) is 15.1. The number of hydrogen-bond donors (Lipinski definition) is 1. The molecular weight excluding hydrogens is 437 g/mol. The molecule has 0 heterocycles. The summed E-state index contributed by atoms with van der Waals surface area (Å²) in [5.41, 5.74) is 8.84. The Balaban J connectivity index is 1.88. The molecule has 3 rings (SSSR count). The summed E-state index contributed by atoms with van der Waals surface area (Å²) in [6.45, 7) is 0. The van der Waals surface area contributed by atoms with Crippen molar-refractivity contribution in [2.24, 2.45) is 5.73 Å². The molecule has 0 saturated carbocycles. The molecule has 0 amide bonds. The SMILES string of the molecule is NC(Cc1ccc2ccccc2c1)c1cc(I)ccc1Br. The molecule has 0 radical (unpaired) electrons. The largest absolute Gasteiger partial charge is 0.324 e. The molecule has 0 aliphatic heterocycles. The maximum absolute atomic E-state index is 6.41. The molecule has 0 saturated heterocycles. The number of nitrogens with two attached hydrogens (primary N) is 1. The first-order valence-corrected chi connectivity index (χ1v) is 8.69. The first-order valence-electron chi connectivity index (χ1n) is 6.82. The van der Waals surface area contributed by atoms with Gasteiger partial charge in [-0.2, -0.15) is 0 Å². The summed E-state index contributed by atoms with van der Waals surface area (Å²) in [5, 5.41) is 2.54. The molecule has 1 nitrogen and oxygen atoms in total. The predicted molar refractivity (Wildman–Crippen MR) is 101 cm³/mol. The van der Waals surface area contributed by atoms with Crippen LogP contribution in [-0.2, 0) is 6.42 Å². The fourth-order valence-corrected chi connectivity index (χ4v) is 3.58. The van der Waals surface area contributed by atoms with Crippen molar-refractivity contribution >= 4 is 49.3 Å². The zero-order chi connectivity index (χ0) is 14.8. The number of halogens is 2. The van der Waals surface area contributed by atoms with Gasteiger partial charge in [-0.15, -0.1) is 0 Å². The first-order chi connectivity index (χ1) is 10.1. The maximum Gasteiger partial charge on any atom is 0.0347 e. The molecule has 0 bridgehead atoms. The third kappa shape index (κ3) is 3.47. The summed E-state index contributed by atoms with van der Waals surface area (Å²) >= 11 is 5.92. The van der Waals surface area contributed by atoms with Crippen molar-refractivity contribution < 1.29 is 0 Å². The van der Waals surface area contributed by atoms with E-state index >= 15 is 0 Å². The average molecular weight is 452 g/mol. The lowest BCUT2D eigenvalue weighted by Gasteiger charge is -2.15. The van der Waals surface area contributed by atoms with Crippen molar-refractivity contribution in [1.29, 1.82) is 0 Å². The van der Waals surface area contributed by atoms with E-state index in [9.17, 15) is 0 Å². The van der Waals surface area contributed by atoms with E-state index in [-0.39, 0.29) is 6.04 Å². The van der Waals surface area contributed by atoms with Gasteiger partial charge in [0.25, 0.3) is 0 Å². The minimum atomic E-state index is -0.00440. The lowest BCUT2D eigenvalue weighted by molar-refractivity contribution is 0.718. The molecule has 1 atom stereocenters. The average Bonchev–Trinajstić information content (AvgIpc) is 2.49. The van der Waals surface area contributed by atoms with Gasteiger partial charge in [0.1, 0.15) is 0 Å². The fraction of sp³-hybridized carbons (Fsp3) is 0.111. The standard InChI is InChI=1S/C18H15BrIN/c19-17-8-7-15(20)11-16(17)18(21)10-12-5-6-13-3-1-2-4-14(13)9-12/h1-9,11,18H,10,21H2. The van der Waals surface area contributed by atoms with Gasteiger partial charge < -0.3 is 5.73 Å². The van der Waals surface area contributed by atoms with Crippen molar-refractivity contribution in [2.75, 3.05) is 0 Å². The molecule has 3 aromatic rings. The summed E-state index contributed by atoms with van der Waals surface area (Å²) in [7, 11) is 0. The highest BCUT2D eigenvalue weighted by atomic mass is 127. The Labute approximate surface area is 146 Å². The summed E-state index contributed by atoms with van der Waals surface area (Å²) in [6.07, 6.45) is 0.837.